The Bertz CT molecular complexity index is 376. The van der Waals surface area contributed by atoms with Gasteiger partial charge in [0.25, 0.3) is 11.8 Å². The van der Waals surface area contributed by atoms with E-state index in [-0.39, 0.29) is 30.8 Å². The smallest absolute Gasteiger partial charge is 0.254 e. The van der Waals surface area contributed by atoms with Crippen LogP contribution in [0.1, 0.15) is 38.5 Å². The number of hydrogen-bond acceptors (Lipinski definition) is 4. The summed E-state index contributed by atoms with van der Waals surface area (Å²) < 4.78 is 5.84. The fourth-order valence-corrected chi connectivity index (χ4v) is 2.56. The molecular formula is C12H15NO4. The van der Waals surface area contributed by atoms with E-state index in [1.165, 1.54) is 0 Å². The second-order valence-electron chi connectivity index (χ2n) is 4.77. The summed E-state index contributed by atoms with van der Waals surface area (Å²) in [5, 5.41) is 0.904. The van der Waals surface area contributed by atoms with Crippen molar-refractivity contribution in [3.63, 3.8) is 0 Å². The van der Waals surface area contributed by atoms with Crippen LogP contribution < -0.4 is 0 Å². The first-order valence-corrected chi connectivity index (χ1v) is 6.06. The molecule has 5 heteroatoms. The van der Waals surface area contributed by atoms with Crippen molar-refractivity contribution in [3.8, 4) is 0 Å². The number of amides is 2. The molecule has 3 rings (SSSR count). The molecule has 2 amide bonds. The lowest BCUT2D eigenvalue weighted by atomic mass is 10.0. The minimum Gasteiger partial charge on any atom is -0.344 e. The summed E-state index contributed by atoms with van der Waals surface area (Å²) in [6, 6.07) is 0. The zero-order valence-corrected chi connectivity index (χ0v) is 9.55. The van der Waals surface area contributed by atoms with E-state index in [9.17, 15) is 9.59 Å². The third-order valence-electron chi connectivity index (χ3n) is 3.49. The van der Waals surface area contributed by atoms with Crippen molar-refractivity contribution in [2.24, 2.45) is 0 Å². The fourth-order valence-electron chi connectivity index (χ4n) is 2.56. The molecule has 0 spiro atoms. The summed E-state index contributed by atoms with van der Waals surface area (Å²) in [6.07, 6.45) is 7.85. The molecule has 0 aromatic heterocycles. The zero-order valence-electron chi connectivity index (χ0n) is 9.55. The van der Waals surface area contributed by atoms with Gasteiger partial charge in [0.1, 0.15) is 0 Å². The topological polar surface area (TPSA) is 55.8 Å². The van der Waals surface area contributed by atoms with Crippen LogP contribution in [0.4, 0.5) is 0 Å². The Balaban J connectivity index is 1.77. The van der Waals surface area contributed by atoms with Crippen LogP contribution in [0.5, 0.6) is 0 Å². The molecule has 0 N–H and O–H groups in total. The monoisotopic (exact) mass is 237 g/mol. The van der Waals surface area contributed by atoms with Crippen molar-refractivity contribution in [2.45, 2.75) is 50.4 Å². The Morgan fingerprint density at radius 2 is 2.06 bits per heavy atom. The summed E-state index contributed by atoms with van der Waals surface area (Å²) in [5.74, 6) is -1.32. The van der Waals surface area contributed by atoms with Gasteiger partial charge in [-0.15, -0.1) is 0 Å². The van der Waals surface area contributed by atoms with Crippen molar-refractivity contribution in [1.29, 1.82) is 0 Å². The molecule has 3 heterocycles. The molecule has 2 atom stereocenters. The number of imide groups is 1. The second kappa shape index (κ2) is 3.92. The maximum absolute atomic E-state index is 11.5. The highest BCUT2D eigenvalue weighted by atomic mass is 16.8. The van der Waals surface area contributed by atoms with Gasteiger partial charge in [0, 0.05) is 25.7 Å². The minimum atomic E-state index is -0.798. The maximum Gasteiger partial charge on any atom is 0.254 e. The van der Waals surface area contributed by atoms with E-state index >= 15 is 0 Å². The first kappa shape index (κ1) is 10.9. The first-order chi connectivity index (χ1) is 8.19. The van der Waals surface area contributed by atoms with Crippen molar-refractivity contribution in [2.75, 3.05) is 0 Å². The quantitative estimate of drug-likeness (QED) is 0.536. The van der Waals surface area contributed by atoms with Crippen LogP contribution in [-0.2, 0) is 19.2 Å². The second-order valence-corrected chi connectivity index (χ2v) is 4.77. The molecule has 0 aliphatic carbocycles. The molecule has 0 aromatic carbocycles. The predicted octanol–water partition coefficient (Wildman–Crippen LogP) is 1.29. The van der Waals surface area contributed by atoms with Gasteiger partial charge in [0.15, 0.2) is 5.79 Å². The van der Waals surface area contributed by atoms with Crippen molar-refractivity contribution < 1.29 is 19.2 Å². The van der Waals surface area contributed by atoms with Crippen LogP contribution >= 0.6 is 0 Å². The highest BCUT2D eigenvalue weighted by Crippen LogP contribution is 2.39. The average Bonchev–Trinajstić information content (AvgIpc) is 2.74. The molecule has 5 nitrogen and oxygen atoms in total. The lowest BCUT2D eigenvalue weighted by Gasteiger charge is -2.30. The summed E-state index contributed by atoms with van der Waals surface area (Å²) in [5.41, 5.74) is 0. The number of hydroxylamine groups is 2. The normalized spacial score (nSPS) is 36.7. The van der Waals surface area contributed by atoms with Gasteiger partial charge in [-0.3, -0.25) is 9.59 Å². The molecule has 3 aliphatic heterocycles. The summed E-state index contributed by atoms with van der Waals surface area (Å²) in [7, 11) is 0. The zero-order chi connectivity index (χ0) is 11.9. The standard InChI is InChI=1S/C12H15NO4/c14-10-4-5-11(15)13(10)17-12-7-2-1-3-9(16-12)6-8-12/h1-2,9H,3-8H2. The van der Waals surface area contributed by atoms with Gasteiger partial charge in [-0.2, -0.15) is 5.06 Å². The third kappa shape index (κ3) is 1.89. The van der Waals surface area contributed by atoms with Gasteiger partial charge in [-0.05, 0) is 12.8 Å². The van der Waals surface area contributed by atoms with Gasteiger partial charge in [-0.1, -0.05) is 12.2 Å². The van der Waals surface area contributed by atoms with Crippen molar-refractivity contribution in [1.82, 2.24) is 5.06 Å². The van der Waals surface area contributed by atoms with Gasteiger partial charge >= 0.3 is 0 Å². The number of carbonyl (C=O) groups is 2. The average molecular weight is 237 g/mol. The van der Waals surface area contributed by atoms with Gasteiger partial charge < -0.3 is 4.74 Å². The van der Waals surface area contributed by atoms with E-state index in [1.807, 2.05) is 6.08 Å². The molecule has 0 radical (unpaired) electrons. The van der Waals surface area contributed by atoms with Crippen LogP contribution in [0.25, 0.3) is 0 Å². The Labute approximate surface area is 99.3 Å². The SMILES string of the molecule is O=C1CCC(=O)N1OC12CC=CCC(CC1)O2. The fraction of sp³-hybridized carbons (Fsp3) is 0.667. The number of hydrogen-bond donors (Lipinski definition) is 0. The first-order valence-electron chi connectivity index (χ1n) is 6.06. The summed E-state index contributed by atoms with van der Waals surface area (Å²) in [6.45, 7) is 0. The number of rotatable bonds is 2. The molecule has 92 valence electrons. The van der Waals surface area contributed by atoms with Crippen LogP contribution in [0, 0.1) is 0 Å². The van der Waals surface area contributed by atoms with E-state index in [4.69, 9.17) is 9.57 Å². The number of fused-ring (bicyclic) bond motifs is 2. The van der Waals surface area contributed by atoms with E-state index < -0.39 is 5.79 Å². The maximum atomic E-state index is 11.5. The van der Waals surface area contributed by atoms with E-state index in [0.717, 1.165) is 24.3 Å². The van der Waals surface area contributed by atoms with Crippen LogP contribution in [0.3, 0.4) is 0 Å². The molecule has 17 heavy (non-hydrogen) atoms. The Hall–Kier alpha value is -1.20. The highest BCUT2D eigenvalue weighted by molar-refractivity contribution is 6.00. The van der Waals surface area contributed by atoms with Gasteiger partial charge in [0.2, 0.25) is 0 Å². The van der Waals surface area contributed by atoms with Gasteiger partial charge in [0.05, 0.1) is 6.10 Å². The minimum absolute atomic E-state index is 0.154. The van der Waals surface area contributed by atoms with Crippen molar-refractivity contribution in [3.05, 3.63) is 12.2 Å². The Kier molecular flexibility index (Phi) is 2.52. The number of ether oxygens (including phenoxy) is 1. The Morgan fingerprint density at radius 1 is 1.29 bits per heavy atom. The van der Waals surface area contributed by atoms with E-state index in [0.29, 0.717) is 6.42 Å². The molecule has 0 aromatic rings. The lowest BCUT2D eigenvalue weighted by Crippen LogP contribution is -2.42. The molecule has 2 unspecified atom stereocenters. The van der Waals surface area contributed by atoms with E-state index in [1.54, 1.807) is 0 Å². The molecule has 2 fully saturated rings. The molecule has 2 saturated heterocycles. The van der Waals surface area contributed by atoms with E-state index in [2.05, 4.69) is 6.08 Å². The highest BCUT2D eigenvalue weighted by Gasteiger charge is 2.46. The summed E-state index contributed by atoms with van der Waals surface area (Å²) >= 11 is 0. The van der Waals surface area contributed by atoms with Crippen molar-refractivity contribution >= 4 is 11.8 Å². The number of nitrogens with zero attached hydrogens (tertiary/aromatic N) is 1. The number of carbonyl (C=O) groups excluding carboxylic acids is 2. The lowest BCUT2D eigenvalue weighted by molar-refractivity contribution is -0.310. The summed E-state index contributed by atoms with van der Waals surface area (Å²) in [4.78, 5) is 28.6. The van der Waals surface area contributed by atoms with Gasteiger partial charge in [-0.25, -0.2) is 4.84 Å². The molecule has 3 aliphatic rings. The largest absolute Gasteiger partial charge is 0.344 e. The van der Waals surface area contributed by atoms with Crippen LogP contribution in [0.2, 0.25) is 0 Å². The third-order valence-corrected chi connectivity index (χ3v) is 3.49. The predicted molar refractivity (Wildman–Crippen MR) is 57.4 cm³/mol. The molecule has 2 bridgehead atoms. The van der Waals surface area contributed by atoms with Crippen LogP contribution in [0.15, 0.2) is 12.2 Å². The molecular weight excluding hydrogens is 222 g/mol. The Morgan fingerprint density at radius 3 is 2.82 bits per heavy atom. The van der Waals surface area contributed by atoms with Crippen LogP contribution in [-0.4, -0.2) is 28.8 Å². The molecule has 0 saturated carbocycles.